The Bertz CT molecular complexity index is 882. The molecule has 136 valence electrons. The van der Waals surface area contributed by atoms with Gasteiger partial charge in [-0.25, -0.2) is 4.98 Å². The lowest BCUT2D eigenvalue weighted by Crippen LogP contribution is -2.35. The van der Waals surface area contributed by atoms with Gasteiger partial charge in [-0.1, -0.05) is 32.0 Å². The lowest BCUT2D eigenvalue weighted by molar-refractivity contribution is -0.124. The van der Waals surface area contributed by atoms with Crippen LogP contribution in [0.4, 0.5) is 0 Å². The number of nitrogens with zero attached hydrogens (tertiary/aromatic N) is 1. The van der Waals surface area contributed by atoms with E-state index in [1.165, 1.54) is 5.56 Å². The summed E-state index contributed by atoms with van der Waals surface area (Å²) in [5.74, 6) is 1.50. The van der Waals surface area contributed by atoms with Gasteiger partial charge in [0, 0.05) is 0 Å². The average Bonchev–Trinajstić information content (AvgIpc) is 3.04. The molecule has 1 aromatic heterocycles. The van der Waals surface area contributed by atoms with Crippen molar-refractivity contribution >= 4 is 16.9 Å². The molecule has 5 nitrogen and oxygen atoms in total. The number of aryl methyl sites for hydroxylation is 2. The van der Waals surface area contributed by atoms with Crippen molar-refractivity contribution in [3.63, 3.8) is 0 Å². The first-order valence-electron chi connectivity index (χ1n) is 8.88. The van der Waals surface area contributed by atoms with Gasteiger partial charge in [0.25, 0.3) is 5.91 Å². The van der Waals surface area contributed by atoms with Crippen LogP contribution in [0.3, 0.4) is 0 Å². The van der Waals surface area contributed by atoms with E-state index < -0.39 is 0 Å². The zero-order valence-electron chi connectivity index (χ0n) is 15.7. The van der Waals surface area contributed by atoms with Crippen LogP contribution >= 0.6 is 0 Å². The molecule has 0 aliphatic rings. The number of rotatable bonds is 6. The quantitative estimate of drug-likeness (QED) is 0.703. The van der Waals surface area contributed by atoms with Gasteiger partial charge in [0.2, 0.25) is 0 Å². The number of aromatic nitrogens is 2. The van der Waals surface area contributed by atoms with Gasteiger partial charge in [-0.05, 0) is 55.2 Å². The van der Waals surface area contributed by atoms with Crippen molar-refractivity contribution in [2.75, 3.05) is 6.61 Å². The van der Waals surface area contributed by atoms with Crippen molar-refractivity contribution in [3.05, 3.63) is 59.4 Å². The first kappa shape index (κ1) is 18.0. The first-order valence-corrected chi connectivity index (χ1v) is 8.88. The number of hydrogen-bond acceptors (Lipinski definition) is 3. The van der Waals surface area contributed by atoms with Gasteiger partial charge in [-0.3, -0.25) is 4.79 Å². The topological polar surface area (TPSA) is 67.0 Å². The van der Waals surface area contributed by atoms with Crippen LogP contribution in [0.2, 0.25) is 0 Å². The second-order valence-corrected chi connectivity index (χ2v) is 6.96. The number of imidazole rings is 1. The number of carbonyl (C=O) groups is 1. The number of H-pyrrole nitrogens is 1. The minimum atomic E-state index is -0.196. The smallest absolute Gasteiger partial charge is 0.258 e. The Labute approximate surface area is 153 Å². The van der Waals surface area contributed by atoms with Crippen LogP contribution in [-0.4, -0.2) is 22.5 Å². The number of amides is 1. The van der Waals surface area contributed by atoms with Gasteiger partial charge >= 0.3 is 0 Å². The standard InChI is InChI=1S/C21H25N3O2/c1-13(2)20(21-22-17-7-5-6-8-18(17)23-21)24-19(25)12-26-16-10-9-14(3)15(4)11-16/h5-11,13,20H,12H2,1-4H3,(H,22,23)(H,24,25). The summed E-state index contributed by atoms with van der Waals surface area (Å²) in [7, 11) is 0. The van der Waals surface area contributed by atoms with Crippen LogP contribution < -0.4 is 10.1 Å². The maximum absolute atomic E-state index is 12.4. The van der Waals surface area contributed by atoms with Gasteiger partial charge in [-0.2, -0.15) is 0 Å². The van der Waals surface area contributed by atoms with E-state index in [-0.39, 0.29) is 24.5 Å². The highest BCUT2D eigenvalue weighted by Gasteiger charge is 2.22. The normalized spacial score (nSPS) is 12.3. The van der Waals surface area contributed by atoms with Crippen LogP contribution in [0.25, 0.3) is 11.0 Å². The molecule has 26 heavy (non-hydrogen) atoms. The number of para-hydroxylation sites is 2. The van der Waals surface area contributed by atoms with Crippen LogP contribution in [0.15, 0.2) is 42.5 Å². The third-order valence-electron chi connectivity index (χ3n) is 4.53. The molecule has 0 spiro atoms. The molecule has 0 saturated heterocycles. The third kappa shape index (κ3) is 4.04. The zero-order valence-corrected chi connectivity index (χ0v) is 15.7. The molecule has 0 aliphatic carbocycles. The van der Waals surface area contributed by atoms with E-state index in [1.807, 2.05) is 56.3 Å². The molecule has 3 aromatic rings. The van der Waals surface area contributed by atoms with Gasteiger partial charge < -0.3 is 15.0 Å². The fourth-order valence-corrected chi connectivity index (χ4v) is 2.84. The summed E-state index contributed by atoms with van der Waals surface area (Å²) in [6, 6.07) is 13.5. The van der Waals surface area contributed by atoms with Gasteiger partial charge in [0.05, 0.1) is 17.1 Å². The van der Waals surface area contributed by atoms with E-state index in [2.05, 4.69) is 29.1 Å². The lowest BCUT2D eigenvalue weighted by Gasteiger charge is -2.20. The van der Waals surface area contributed by atoms with Crippen LogP contribution in [0, 0.1) is 19.8 Å². The fourth-order valence-electron chi connectivity index (χ4n) is 2.84. The molecule has 2 aromatic carbocycles. The Morgan fingerprint density at radius 2 is 1.92 bits per heavy atom. The maximum atomic E-state index is 12.4. The largest absolute Gasteiger partial charge is 0.484 e. The van der Waals surface area contributed by atoms with Crippen molar-refractivity contribution in [1.82, 2.24) is 15.3 Å². The van der Waals surface area contributed by atoms with Gasteiger partial charge in [-0.15, -0.1) is 0 Å². The summed E-state index contributed by atoms with van der Waals surface area (Å²) < 4.78 is 5.64. The summed E-state index contributed by atoms with van der Waals surface area (Å²) in [6.07, 6.45) is 0. The molecule has 1 atom stereocenters. The van der Waals surface area contributed by atoms with Crippen LogP contribution in [0.5, 0.6) is 5.75 Å². The molecule has 1 unspecified atom stereocenters. The zero-order chi connectivity index (χ0) is 18.7. The third-order valence-corrected chi connectivity index (χ3v) is 4.53. The monoisotopic (exact) mass is 351 g/mol. The van der Waals surface area contributed by atoms with E-state index in [9.17, 15) is 4.79 Å². The SMILES string of the molecule is Cc1ccc(OCC(=O)NC(c2nc3ccccc3[nH]2)C(C)C)cc1C. The molecule has 0 saturated carbocycles. The summed E-state index contributed by atoms with van der Waals surface area (Å²) in [5, 5.41) is 3.03. The number of fused-ring (bicyclic) bond motifs is 1. The van der Waals surface area contributed by atoms with Gasteiger partial charge in [0.1, 0.15) is 11.6 Å². The molecule has 3 rings (SSSR count). The highest BCUT2D eigenvalue weighted by atomic mass is 16.5. The lowest BCUT2D eigenvalue weighted by atomic mass is 10.0. The van der Waals surface area contributed by atoms with Crippen LogP contribution in [0.1, 0.15) is 36.8 Å². The minimum Gasteiger partial charge on any atom is -0.484 e. The number of benzene rings is 2. The Hall–Kier alpha value is -2.82. The second kappa shape index (κ2) is 7.60. The molecule has 1 heterocycles. The molecule has 0 aliphatic heterocycles. The number of nitrogens with one attached hydrogen (secondary N) is 2. The van der Waals surface area contributed by atoms with E-state index in [4.69, 9.17) is 4.74 Å². The van der Waals surface area contributed by atoms with Crippen molar-refractivity contribution < 1.29 is 9.53 Å². The number of aromatic amines is 1. The summed E-state index contributed by atoms with van der Waals surface area (Å²) in [5.41, 5.74) is 4.21. The maximum Gasteiger partial charge on any atom is 0.258 e. The predicted octanol–water partition coefficient (Wildman–Crippen LogP) is 4.07. The Morgan fingerprint density at radius 3 is 2.62 bits per heavy atom. The second-order valence-electron chi connectivity index (χ2n) is 6.96. The fraction of sp³-hybridized carbons (Fsp3) is 0.333. The van der Waals surface area contributed by atoms with E-state index >= 15 is 0 Å². The first-order chi connectivity index (χ1) is 12.4. The summed E-state index contributed by atoms with van der Waals surface area (Å²) >= 11 is 0. The molecule has 0 bridgehead atoms. The molecule has 0 radical (unpaired) electrons. The molecule has 0 fully saturated rings. The number of ether oxygens (including phenoxy) is 1. The highest BCUT2D eigenvalue weighted by Crippen LogP contribution is 2.22. The van der Waals surface area contributed by atoms with E-state index in [0.717, 1.165) is 22.4 Å². The minimum absolute atomic E-state index is 0.0219. The predicted molar refractivity (Wildman–Crippen MR) is 103 cm³/mol. The number of hydrogen-bond donors (Lipinski definition) is 2. The van der Waals surface area contributed by atoms with Crippen molar-refractivity contribution in [2.24, 2.45) is 5.92 Å². The average molecular weight is 351 g/mol. The van der Waals surface area contributed by atoms with Crippen molar-refractivity contribution in [2.45, 2.75) is 33.7 Å². The van der Waals surface area contributed by atoms with Crippen LogP contribution in [-0.2, 0) is 4.79 Å². The Kier molecular flexibility index (Phi) is 5.26. The molecular formula is C21H25N3O2. The summed E-state index contributed by atoms with van der Waals surface area (Å²) in [4.78, 5) is 20.3. The molecule has 1 amide bonds. The van der Waals surface area contributed by atoms with E-state index in [1.54, 1.807) is 0 Å². The van der Waals surface area contributed by atoms with Crippen molar-refractivity contribution in [1.29, 1.82) is 0 Å². The highest BCUT2D eigenvalue weighted by molar-refractivity contribution is 5.78. The number of carbonyl (C=O) groups excluding carboxylic acids is 1. The van der Waals surface area contributed by atoms with Gasteiger partial charge in [0.15, 0.2) is 6.61 Å². The Balaban J connectivity index is 1.67. The van der Waals surface area contributed by atoms with Crippen molar-refractivity contribution in [3.8, 4) is 5.75 Å². The summed E-state index contributed by atoms with van der Waals surface area (Å²) in [6.45, 7) is 8.17. The molecule has 2 N–H and O–H groups in total. The Morgan fingerprint density at radius 1 is 1.15 bits per heavy atom. The van der Waals surface area contributed by atoms with E-state index in [0.29, 0.717) is 5.75 Å². The molecular weight excluding hydrogens is 326 g/mol. The molecule has 5 heteroatoms.